The van der Waals surface area contributed by atoms with Crippen LogP contribution in [0.15, 0.2) is 24.3 Å². The van der Waals surface area contributed by atoms with Crippen molar-refractivity contribution in [3.63, 3.8) is 0 Å². The van der Waals surface area contributed by atoms with Gasteiger partial charge < -0.3 is 31.7 Å². The predicted octanol–water partition coefficient (Wildman–Crippen LogP) is -1.58. The predicted molar refractivity (Wildman–Crippen MR) is 84.6 cm³/mol. The summed E-state index contributed by atoms with van der Waals surface area (Å²) in [6, 6.07) is 3.54. The third kappa shape index (κ3) is 7.31. The van der Waals surface area contributed by atoms with E-state index >= 15 is 0 Å². The van der Waals surface area contributed by atoms with E-state index in [1.807, 2.05) is 5.32 Å². The number of nitrogens with two attached hydrogens (primary N) is 1. The number of carbonyl (C=O) groups excluding carboxylic acids is 2. The number of phenols is 1. The Kier molecular flexibility index (Phi) is 7.35. The number of phenolic OH excluding ortho intramolecular Hbond substituents is 1. The quantitative estimate of drug-likeness (QED) is 0.308. The SMILES string of the molecule is N[C@@H](Cc1ccc(O)cc1)C(=O)NCC(=O)N[C@@H](CC(=O)O)C(=O)O. The van der Waals surface area contributed by atoms with Crippen LogP contribution in [-0.4, -0.2) is 57.7 Å². The van der Waals surface area contributed by atoms with Crippen molar-refractivity contribution in [2.75, 3.05) is 6.54 Å². The molecule has 0 aliphatic heterocycles. The van der Waals surface area contributed by atoms with Crippen LogP contribution in [0, 0.1) is 0 Å². The molecule has 0 spiro atoms. The maximum Gasteiger partial charge on any atom is 0.326 e. The molecule has 0 aliphatic carbocycles. The zero-order valence-corrected chi connectivity index (χ0v) is 13.1. The molecule has 0 unspecified atom stereocenters. The molecule has 0 aliphatic rings. The minimum Gasteiger partial charge on any atom is -0.508 e. The molecule has 1 aromatic rings. The van der Waals surface area contributed by atoms with Crippen molar-refractivity contribution in [3.8, 4) is 5.75 Å². The molecule has 0 saturated heterocycles. The van der Waals surface area contributed by atoms with Crippen molar-refractivity contribution in [2.45, 2.75) is 24.9 Å². The Labute approximate surface area is 142 Å². The minimum absolute atomic E-state index is 0.0767. The fourth-order valence-electron chi connectivity index (χ4n) is 1.90. The Morgan fingerprint density at radius 3 is 2.20 bits per heavy atom. The summed E-state index contributed by atoms with van der Waals surface area (Å²) >= 11 is 0. The molecule has 136 valence electrons. The summed E-state index contributed by atoms with van der Waals surface area (Å²) in [5.41, 5.74) is 6.42. The lowest BCUT2D eigenvalue weighted by Crippen LogP contribution is -2.49. The fraction of sp³-hybridized carbons (Fsp3) is 0.333. The maximum atomic E-state index is 11.8. The molecule has 0 saturated carbocycles. The number of amides is 2. The Morgan fingerprint density at radius 1 is 1.08 bits per heavy atom. The van der Waals surface area contributed by atoms with Gasteiger partial charge >= 0.3 is 11.9 Å². The van der Waals surface area contributed by atoms with Crippen molar-refractivity contribution in [1.29, 1.82) is 0 Å². The third-order valence-corrected chi connectivity index (χ3v) is 3.16. The fourth-order valence-corrected chi connectivity index (χ4v) is 1.90. The number of carbonyl (C=O) groups is 4. The smallest absolute Gasteiger partial charge is 0.326 e. The van der Waals surface area contributed by atoms with Crippen LogP contribution in [0.25, 0.3) is 0 Å². The van der Waals surface area contributed by atoms with E-state index in [-0.39, 0.29) is 12.2 Å². The highest BCUT2D eigenvalue weighted by atomic mass is 16.4. The number of rotatable bonds is 9. The van der Waals surface area contributed by atoms with Gasteiger partial charge in [0, 0.05) is 0 Å². The van der Waals surface area contributed by atoms with Crippen LogP contribution < -0.4 is 16.4 Å². The minimum atomic E-state index is -1.59. The third-order valence-electron chi connectivity index (χ3n) is 3.16. The van der Waals surface area contributed by atoms with Gasteiger partial charge in [-0.25, -0.2) is 4.79 Å². The number of hydrogen-bond acceptors (Lipinski definition) is 6. The number of hydrogen-bond donors (Lipinski definition) is 6. The average molecular weight is 353 g/mol. The molecular weight excluding hydrogens is 334 g/mol. The van der Waals surface area contributed by atoms with Crippen molar-refractivity contribution < 1.29 is 34.5 Å². The molecule has 0 aromatic heterocycles. The summed E-state index contributed by atoms with van der Waals surface area (Å²) < 4.78 is 0. The first-order valence-corrected chi connectivity index (χ1v) is 7.24. The molecule has 2 amide bonds. The number of carboxylic acids is 2. The molecule has 10 heteroatoms. The average Bonchev–Trinajstić information content (AvgIpc) is 2.53. The number of nitrogens with one attached hydrogen (secondary N) is 2. The lowest BCUT2D eigenvalue weighted by molar-refractivity contribution is -0.147. The number of aliphatic carboxylic acids is 2. The van der Waals surface area contributed by atoms with Crippen molar-refractivity contribution >= 4 is 23.8 Å². The van der Waals surface area contributed by atoms with E-state index in [0.29, 0.717) is 5.56 Å². The first-order valence-electron chi connectivity index (χ1n) is 7.24. The van der Waals surface area contributed by atoms with Crippen LogP contribution in [0.1, 0.15) is 12.0 Å². The van der Waals surface area contributed by atoms with Gasteiger partial charge in [-0.05, 0) is 24.1 Å². The van der Waals surface area contributed by atoms with E-state index in [1.165, 1.54) is 12.1 Å². The standard InChI is InChI=1S/C15H19N3O7/c16-10(5-8-1-3-9(19)4-2-8)14(23)17-7-12(20)18-11(15(24)25)6-13(21)22/h1-4,10-11,19H,5-7,16H2,(H,17,23)(H,18,20)(H,21,22)(H,24,25)/t10-,11-/m0/s1. The van der Waals surface area contributed by atoms with Crippen LogP contribution in [0.4, 0.5) is 0 Å². The van der Waals surface area contributed by atoms with Gasteiger partial charge in [0.05, 0.1) is 19.0 Å². The van der Waals surface area contributed by atoms with Gasteiger partial charge in [0.1, 0.15) is 11.8 Å². The Morgan fingerprint density at radius 2 is 1.68 bits per heavy atom. The summed E-state index contributed by atoms with van der Waals surface area (Å²) in [5, 5.41) is 30.8. The van der Waals surface area contributed by atoms with E-state index < -0.39 is 48.8 Å². The molecule has 0 fully saturated rings. The topological polar surface area (TPSA) is 179 Å². The lowest BCUT2D eigenvalue weighted by atomic mass is 10.1. The summed E-state index contributed by atoms with van der Waals surface area (Å²) in [4.78, 5) is 44.8. The molecule has 0 heterocycles. The van der Waals surface area contributed by atoms with Crippen LogP contribution in [-0.2, 0) is 25.6 Å². The number of aromatic hydroxyl groups is 1. The van der Waals surface area contributed by atoms with Crippen molar-refractivity contribution in [3.05, 3.63) is 29.8 Å². The normalized spacial score (nSPS) is 12.7. The highest BCUT2D eigenvalue weighted by molar-refractivity contribution is 5.90. The van der Waals surface area contributed by atoms with E-state index in [2.05, 4.69) is 5.32 Å². The van der Waals surface area contributed by atoms with E-state index in [4.69, 9.17) is 15.9 Å². The molecule has 10 nitrogen and oxygen atoms in total. The van der Waals surface area contributed by atoms with E-state index in [0.717, 1.165) is 0 Å². The maximum absolute atomic E-state index is 11.8. The van der Waals surface area contributed by atoms with Crippen LogP contribution in [0.3, 0.4) is 0 Å². The Hall–Kier alpha value is -3.14. The zero-order valence-electron chi connectivity index (χ0n) is 13.1. The Bertz CT molecular complexity index is 645. The van der Waals surface area contributed by atoms with Gasteiger partial charge in [-0.1, -0.05) is 12.1 Å². The summed E-state index contributed by atoms with van der Waals surface area (Å²) in [7, 11) is 0. The van der Waals surface area contributed by atoms with Crippen molar-refractivity contribution in [2.24, 2.45) is 5.73 Å². The summed E-state index contributed by atoms with van der Waals surface area (Å²) in [5.74, 6) is -4.28. The first kappa shape index (κ1) is 19.9. The van der Waals surface area contributed by atoms with E-state index in [1.54, 1.807) is 12.1 Å². The molecular formula is C15H19N3O7. The molecule has 1 rings (SSSR count). The van der Waals surface area contributed by atoms with Gasteiger partial charge in [-0.2, -0.15) is 0 Å². The molecule has 1 aromatic carbocycles. The number of carboxylic acid groups (broad SMARTS) is 2. The van der Waals surface area contributed by atoms with Crippen LogP contribution in [0.5, 0.6) is 5.75 Å². The molecule has 7 N–H and O–H groups in total. The summed E-state index contributed by atoms with van der Waals surface area (Å²) in [6.45, 7) is -0.536. The van der Waals surface area contributed by atoms with Crippen LogP contribution >= 0.6 is 0 Å². The summed E-state index contributed by atoms with van der Waals surface area (Å²) in [6.07, 6.45) is -0.611. The highest BCUT2D eigenvalue weighted by Gasteiger charge is 2.23. The van der Waals surface area contributed by atoms with Gasteiger partial charge in [-0.3, -0.25) is 14.4 Å². The largest absolute Gasteiger partial charge is 0.508 e. The zero-order chi connectivity index (χ0) is 19.0. The lowest BCUT2D eigenvalue weighted by Gasteiger charge is -2.15. The van der Waals surface area contributed by atoms with Gasteiger partial charge in [0.15, 0.2) is 0 Å². The van der Waals surface area contributed by atoms with E-state index in [9.17, 15) is 24.3 Å². The first-order chi connectivity index (χ1) is 11.7. The number of benzene rings is 1. The highest BCUT2D eigenvalue weighted by Crippen LogP contribution is 2.10. The second-order valence-corrected chi connectivity index (χ2v) is 5.25. The van der Waals surface area contributed by atoms with Gasteiger partial charge in [0.2, 0.25) is 11.8 Å². The van der Waals surface area contributed by atoms with Gasteiger partial charge in [-0.15, -0.1) is 0 Å². The molecule has 0 radical (unpaired) electrons. The molecule has 2 atom stereocenters. The Balaban J connectivity index is 2.45. The second kappa shape index (κ2) is 9.23. The molecule has 0 bridgehead atoms. The second-order valence-electron chi connectivity index (χ2n) is 5.25. The van der Waals surface area contributed by atoms with Gasteiger partial charge in [0.25, 0.3) is 0 Å². The van der Waals surface area contributed by atoms with Crippen LogP contribution in [0.2, 0.25) is 0 Å². The molecule has 25 heavy (non-hydrogen) atoms. The van der Waals surface area contributed by atoms with Crippen molar-refractivity contribution in [1.82, 2.24) is 10.6 Å². The monoisotopic (exact) mass is 353 g/mol.